The number of morpholine rings is 1. The van der Waals surface area contributed by atoms with Crippen molar-refractivity contribution < 1.29 is 23.8 Å². The van der Waals surface area contributed by atoms with Crippen LogP contribution in [0.5, 0.6) is 11.5 Å². The molecule has 7 nitrogen and oxygen atoms in total. The lowest BCUT2D eigenvalue weighted by Crippen LogP contribution is -2.46. The highest BCUT2D eigenvalue weighted by atomic mass is 32.1. The van der Waals surface area contributed by atoms with Crippen LogP contribution in [0, 0.1) is 0 Å². The normalized spacial score (nSPS) is 23.7. The maximum absolute atomic E-state index is 13.5. The number of thiophene rings is 1. The Bertz CT molecular complexity index is 1020. The molecule has 0 N–H and O–H groups in total. The molecule has 0 bridgehead atoms. The van der Waals surface area contributed by atoms with Crippen LogP contribution in [0.4, 0.5) is 0 Å². The second-order valence-electron chi connectivity index (χ2n) is 7.75. The molecule has 0 spiro atoms. The maximum Gasteiger partial charge on any atom is 0.278 e. The zero-order valence-electron chi connectivity index (χ0n) is 16.8. The van der Waals surface area contributed by atoms with E-state index >= 15 is 0 Å². The van der Waals surface area contributed by atoms with Crippen LogP contribution >= 0.6 is 11.3 Å². The first-order valence-electron chi connectivity index (χ1n) is 9.94. The Morgan fingerprint density at radius 2 is 1.80 bits per heavy atom. The van der Waals surface area contributed by atoms with Gasteiger partial charge in [-0.2, -0.15) is 0 Å². The van der Waals surface area contributed by atoms with Gasteiger partial charge in [-0.15, -0.1) is 11.3 Å². The average molecular weight is 426 g/mol. The summed E-state index contributed by atoms with van der Waals surface area (Å²) in [6, 6.07) is 9.28. The van der Waals surface area contributed by atoms with Crippen LogP contribution in [0.2, 0.25) is 0 Å². The van der Waals surface area contributed by atoms with Crippen LogP contribution in [-0.4, -0.2) is 53.7 Å². The Kier molecular flexibility index (Phi) is 4.75. The van der Waals surface area contributed by atoms with Gasteiger partial charge in [0.2, 0.25) is 6.79 Å². The molecule has 1 saturated heterocycles. The van der Waals surface area contributed by atoms with E-state index in [0.717, 1.165) is 10.4 Å². The van der Waals surface area contributed by atoms with Gasteiger partial charge in [-0.1, -0.05) is 12.1 Å². The van der Waals surface area contributed by atoms with Crippen molar-refractivity contribution in [3.05, 3.63) is 51.8 Å². The molecule has 1 aromatic carbocycles. The van der Waals surface area contributed by atoms with Crippen molar-refractivity contribution in [1.82, 2.24) is 9.80 Å². The molecule has 1 aromatic heterocycles. The zero-order chi connectivity index (χ0) is 20.8. The van der Waals surface area contributed by atoms with Crippen molar-refractivity contribution in [2.45, 2.75) is 32.6 Å². The Morgan fingerprint density at radius 1 is 1.03 bits per heavy atom. The van der Waals surface area contributed by atoms with Gasteiger partial charge >= 0.3 is 0 Å². The largest absolute Gasteiger partial charge is 0.454 e. The second-order valence-corrected chi connectivity index (χ2v) is 8.69. The Balaban J connectivity index is 1.49. The SMILES string of the molecule is CC1CN(C2=C(c3cccs3)C(=O)N(Cc3ccc4c(c3)OCO4)C2=O)CC(C)O1. The fourth-order valence-electron chi connectivity index (χ4n) is 4.23. The topological polar surface area (TPSA) is 68.3 Å². The van der Waals surface area contributed by atoms with Crippen molar-refractivity contribution in [3.8, 4) is 11.5 Å². The van der Waals surface area contributed by atoms with Gasteiger partial charge in [-0.25, -0.2) is 0 Å². The number of amides is 2. The Labute approximate surface area is 178 Å². The quantitative estimate of drug-likeness (QED) is 0.701. The van der Waals surface area contributed by atoms with Gasteiger partial charge in [0.05, 0.1) is 24.3 Å². The Hall–Kier alpha value is -2.84. The molecule has 2 atom stereocenters. The van der Waals surface area contributed by atoms with Gasteiger partial charge in [-0.05, 0) is 43.0 Å². The number of fused-ring (bicyclic) bond motifs is 1. The molecular formula is C22H22N2O5S. The molecule has 1 fully saturated rings. The minimum Gasteiger partial charge on any atom is -0.454 e. The molecule has 0 saturated carbocycles. The van der Waals surface area contributed by atoms with Crippen LogP contribution in [0.25, 0.3) is 5.57 Å². The van der Waals surface area contributed by atoms with E-state index in [2.05, 4.69) is 0 Å². The van der Waals surface area contributed by atoms with Crippen LogP contribution in [-0.2, 0) is 20.9 Å². The Morgan fingerprint density at radius 3 is 2.53 bits per heavy atom. The second kappa shape index (κ2) is 7.45. The molecule has 5 rings (SSSR count). The summed E-state index contributed by atoms with van der Waals surface area (Å²) in [7, 11) is 0. The standard InChI is InChI=1S/C22H22N2O5S/c1-13-9-23(10-14(2)29-13)20-19(18-4-3-7-30-18)21(25)24(22(20)26)11-15-5-6-16-17(8-15)28-12-27-16/h3-8,13-14H,9-12H2,1-2H3. The molecule has 8 heteroatoms. The number of carbonyl (C=O) groups excluding carboxylic acids is 2. The lowest BCUT2D eigenvalue weighted by atomic mass is 10.1. The van der Waals surface area contributed by atoms with E-state index in [4.69, 9.17) is 14.2 Å². The van der Waals surface area contributed by atoms with Crippen LogP contribution in [0.3, 0.4) is 0 Å². The number of carbonyl (C=O) groups is 2. The van der Waals surface area contributed by atoms with Crippen LogP contribution in [0.15, 0.2) is 41.4 Å². The molecule has 3 aliphatic heterocycles. The predicted octanol–water partition coefficient (Wildman–Crippen LogP) is 2.87. The van der Waals surface area contributed by atoms with E-state index in [1.54, 1.807) is 0 Å². The number of hydrogen-bond acceptors (Lipinski definition) is 7. The number of ether oxygens (including phenoxy) is 3. The van der Waals surface area contributed by atoms with Crippen LogP contribution in [0.1, 0.15) is 24.3 Å². The lowest BCUT2D eigenvalue weighted by Gasteiger charge is -2.37. The first-order valence-corrected chi connectivity index (χ1v) is 10.8. The molecule has 30 heavy (non-hydrogen) atoms. The summed E-state index contributed by atoms with van der Waals surface area (Å²) in [5, 5.41) is 1.92. The minimum atomic E-state index is -0.262. The minimum absolute atomic E-state index is 0.0170. The van der Waals surface area contributed by atoms with Crippen molar-refractivity contribution in [2.75, 3.05) is 19.9 Å². The van der Waals surface area contributed by atoms with Gasteiger partial charge < -0.3 is 19.1 Å². The van der Waals surface area contributed by atoms with Crippen molar-refractivity contribution in [3.63, 3.8) is 0 Å². The summed E-state index contributed by atoms with van der Waals surface area (Å²) in [6.07, 6.45) is -0.0340. The summed E-state index contributed by atoms with van der Waals surface area (Å²) in [6.45, 7) is 5.49. The van der Waals surface area contributed by atoms with E-state index < -0.39 is 0 Å². The first kappa shape index (κ1) is 19.1. The van der Waals surface area contributed by atoms with Gasteiger partial charge in [-0.3, -0.25) is 14.5 Å². The molecule has 2 aromatic rings. The van der Waals surface area contributed by atoms with E-state index in [1.165, 1.54) is 16.2 Å². The summed E-state index contributed by atoms with van der Waals surface area (Å²) < 4.78 is 16.6. The average Bonchev–Trinajstić information content (AvgIpc) is 3.43. The molecule has 156 valence electrons. The summed E-state index contributed by atoms with van der Waals surface area (Å²) in [5.74, 6) is 0.783. The molecule has 2 amide bonds. The van der Waals surface area contributed by atoms with Gasteiger partial charge in [0.15, 0.2) is 11.5 Å². The monoisotopic (exact) mass is 426 g/mol. The lowest BCUT2D eigenvalue weighted by molar-refractivity contribution is -0.139. The fourth-order valence-corrected chi connectivity index (χ4v) is 4.99. The number of benzene rings is 1. The summed E-state index contributed by atoms with van der Waals surface area (Å²) in [4.78, 5) is 31.0. The molecule has 0 radical (unpaired) electrons. The van der Waals surface area contributed by atoms with Gasteiger partial charge in [0.25, 0.3) is 11.8 Å². The molecule has 2 unspecified atom stereocenters. The third kappa shape index (κ3) is 3.26. The van der Waals surface area contributed by atoms with Crippen molar-refractivity contribution >= 4 is 28.7 Å². The van der Waals surface area contributed by atoms with Crippen molar-refractivity contribution in [1.29, 1.82) is 0 Å². The molecule has 0 aliphatic carbocycles. The summed E-state index contributed by atoms with van der Waals surface area (Å²) in [5.41, 5.74) is 1.78. The van der Waals surface area contributed by atoms with E-state index in [-0.39, 0.29) is 37.4 Å². The molecule has 4 heterocycles. The third-order valence-electron chi connectivity index (χ3n) is 5.42. The fraction of sp³-hybridized carbons (Fsp3) is 0.364. The van der Waals surface area contributed by atoms with Crippen molar-refractivity contribution in [2.24, 2.45) is 0 Å². The van der Waals surface area contributed by atoms with Crippen LogP contribution < -0.4 is 9.47 Å². The smallest absolute Gasteiger partial charge is 0.278 e. The maximum atomic E-state index is 13.5. The van der Waals surface area contributed by atoms with Gasteiger partial charge in [0.1, 0.15) is 5.70 Å². The number of rotatable bonds is 4. The van der Waals surface area contributed by atoms with E-state index in [0.29, 0.717) is 35.9 Å². The third-order valence-corrected chi connectivity index (χ3v) is 6.31. The number of imide groups is 1. The zero-order valence-corrected chi connectivity index (χ0v) is 17.6. The highest BCUT2D eigenvalue weighted by Crippen LogP contribution is 2.37. The predicted molar refractivity (Wildman–Crippen MR) is 111 cm³/mol. The summed E-state index contributed by atoms with van der Waals surface area (Å²) >= 11 is 1.47. The number of hydrogen-bond donors (Lipinski definition) is 0. The highest BCUT2D eigenvalue weighted by molar-refractivity contribution is 7.11. The molecule has 3 aliphatic rings. The highest BCUT2D eigenvalue weighted by Gasteiger charge is 2.43. The van der Waals surface area contributed by atoms with E-state index in [9.17, 15) is 9.59 Å². The van der Waals surface area contributed by atoms with Gasteiger partial charge in [0, 0.05) is 18.0 Å². The first-order chi connectivity index (χ1) is 14.5. The molecular weight excluding hydrogens is 404 g/mol. The number of nitrogens with zero attached hydrogens (tertiary/aromatic N) is 2. The van der Waals surface area contributed by atoms with E-state index in [1.807, 2.05) is 54.5 Å².